The number of aliphatic carboxylic acids is 1. The molecule has 1 rings (SSSR count). The van der Waals surface area contributed by atoms with Crippen molar-refractivity contribution < 1.29 is 22.7 Å². The minimum absolute atomic E-state index is 0.0595. The molecular formula is C11H14FNO4S. The molecule has 0 radical (unpaired) electrons. The van der Waals surface area contributed by atoms with Gasteiger partial charge in [0.2, 0.25) is 10.0 Å². The molecule has 0 fully saturated rings. The fourth-order valence-corrected chi connectivity index (χ4v) is 2.54. The van der Waals surface area contributed by atoms with Crippen LogP contribution in [0.1, 0.15) is 18.4 Å². The summed E-state index contributed by atoms with van der Waals surface area (Å²) in [6.45, 7) is 0.0595. The van der Waals surface area contributed by atoms with Gasteiger partial charge in [-0.15, -0.1) is 0 Å². The molecule has 0 heterocycles. The number of benzene rings is 1. The molecule has 100 valence electrons. The quantitative estimate of drug-likeness (QED) is 0.730. The summed E-state index contributed by atoms with van der Waals surface area (Å²) in [4.78, 5) is 10.2. The number of rotatable bonds is 7. The van der Waals surface area contributed by atoms with Crippen LogP contribution in [0.4, 0.5) is 4.39 Å². The van der Waals surface area contributed by atoms with Crippen LogP contribution in [0.15, 0.2) is 24.3 Å². The first-order valence-electron chi connectivity index (χ1n) is 5.32. The number of nitrogens with one attached hydrogen (secondary N) is 1. The van der Waals surface area contributed by atoms with Crippen LogP contribution in [-0.2, 0) is 20.6 Å². The van der Waals surface area contributed by atoms with Crippen LogP contribution in [-0.4, -0.2) is 26.0 Å². The summed E-state index contributed by atoms with van der Waals surface area (Å²) in [6.07, 6.45) is 0.125. The van der Waals surface area contributed by atoms with E-state index in [1.807, 2.05) is 0 Å². The molecule has 0 aromatic heterocycles. The largest absolute Gasteiger partial charge is 0.481 e. The molecule has 0 unspecified atom stereocenters. The Morgan fingerprint density at radius 1 is 1.39 bits per heavy atom. The Morgan fingerprint density at radius 2 is 2.11 bits per heavy atom. The molecule has 0 bridgehead atoms. The molecule has 7 heteroatoms. The zero-order valence-electron chi connectivity index (χ0n) is 9.60. The van der Waals surface area contributed by atoms with Gasteiger partial charge in [-0.2, -0.15) is 0 Å². The van der Waals surface area contributed by atoms with E-state index in [9.17, 15) is 17.6 Å². The summed E-state index contributed by atoms with van der Waals surface area (Å²) >= 11 is 0. The maximum atomic E-state index is 12.9. The molecule has 0 aliphatic heterocycles. The third-order valence-electron chi connectivity index (χ3n) is 2.14. The van der Waals surface area contributed by atoms with Crippen molar-refractivity contribution in [2.24, 2.45) is 0 Å². The van der Waals surface area contributed by atoms with Crippen molar-refractivity contribution >= 4 is 16.0 Å². The van der Waals surface area contributed by atoms with Crippen molar-refractivity contribution in [3.8, 4) is 0 Å². The zero-order valence-corrected chi connectivity index (χ0v) is 10.4. The second kappa shape index (κ2) is 6.46. The Hall–Kier alpha value is -1.47. The van der Waals surface area contributed by atoms with Crippen molar-refractivity contribution in [1.82, 2.24) is 4.72 Å². The van der Waals surface area contributed by atoms with Gasteiger partial charge >= 0.3 is 5.97 Å². The maximum absolute atomic E-state index is 12.9. The van der Waals surface area contributed by atoms with E-state index >= 15 is 0 Å². The lowest BCUT2D eigenvalue weighted by atomic mass is 10.2. The van der Waals surface area contributed by atoms with Crippen molar-refractivity contribution in [2.45, 2.75) is 18.6 Å². The number of sulfonamides is 1. The smallest absolute Gasteiger partial charge is 0.303 e. The molecule has 1 aromatic rings. The van der Waals surface area contributed by atoms with E-state index in [-0.39, 0.29) is 25.1 Å². The van der Waals surface area contributed by atoms with Crippen molar-refractivity contribution in [3.05, 3.63) is 35.6 Å². The van der Waals surface area contributed by atoms with Gasteiger partial charge < -0.3 is 5.11 Å². The predicted octanol–water partition coefficient (Wildman–Crippen LogP) is 1.11. The van der Waals surface area contributed by atoms with Gasteiger partial charge in [0.05, 0.1) is 5.75 Å². The minimum atomic E-state index is -3.56. The van der Waals surface area contributed by atoms with Gasteiger partial charge in [0.1, 0.15) is 5.82 Å². The van der Waals surface area contributed by atoms with E-state index in [2.05, 4.69) is 4.72 Å². The third-order valence-corrected chi connectivity index (χ3v) is 3.49. The predicted molar refractivity (Wildman–Crippen MR) is 63.9 cm³/mol. The highest BCUT2D eigenvalue weighted by Crippen LogP contribution is 2.07. The number of halogens is 1. The van der Waals surface area contributed by atoms with Gasteiger partial charge in [0.15, 0.2) is 0 Å². The van der Waals surface area contributed by atoms with Crippen LogP contribution >= 0.6 is 0 Å². The van der Waals surface area contributed by atoms with Crippen LogP contribution in [0, 0.1) is 5.82 Å². The van der Waals surface area contributed by atoms with Crippen molar-refractivity contribution in [1.29, 1.82) is 0 Å². The lowest BCUT2D eigenvalue weighted by Crippen LogP contribution is -2.26. The molecule has 0 spiro atoms. The maximum Gasteiger partial charge on any atom is 0.303 e. The second-order valence-electron chi connectivity index (χ2n) is 3.78. The number of hydrogen-bond donors (Lipinski definition) is 2. The van der Waals surface area contributed by atoms with Crippen molar-refractivity contribution in [2.75, 3.05) is 6.54 Å². The molecule has 0 amide bonds. The molecule has 0 aliphatic carbocycles. The summed E-state index contributed by atoms with van der Waals surface area (Å²) in [7, 11) is -3.56. The Labute approximate surface area is 105 Å². The minimum Gasteiger partial charge on any atom is -0.481 e. The molecule has 5 nitrogen and oxygen atoms in total. The third kappa shape index (κ3) is 5.74. The fourth-order valence-electron chi connectivity index (χ4n) is 1.36. The molecule has 18 heavy (non-hydrogen) atoms. The molecule has 0 atom stereocenters. The van der Waals surface area contributed by atoms with E-state index in [1.54, 1.807) is 0 Å². The summed E-state index contributed by atoms with van der Waals surface area (Å²) in [6, 6.07) is 5.33. The van der Waals surface area contributed by atoms with Gasteiger partial charge in [-0.05, 0) is 24.1 Å². The lowest BCUT2D eigenvalue weighted by Gasteiger charge is -2.06. The zero-order chi connectivity index (χ0) is 13.6. The Bertz CT molecular complexity index is 516. The van der Waals surface area contributed by atoms with E-state index in [0.717, 1.165) is 6.07 Å². The average molecular weight is 275 g/mol. The Balaban J connectivity index is 2.47. The topological polar surface area (TPSA) is 83.5 Å². The van der Waals surface area contributed by atoms with E-state index in [0.29, 0.717) is 5.56 Å². The van der Waals surface area contributed by atoms with Crippen LogP contribution < -0.4 is 4.72 Å². The Kier molecular flexibility index (Phi) is 5.24. The summed E-state index contributed by atoms with van der Waals surface area (Å²) in [5.74, 6) is -1.79. The highest BCUT2D eigenvalue weighted by Gasteiger charge is 2.11. The standard InChI is InChI=1S/C11H14FNO4S/c12-10-4-1-3-9(7-10)8-18(16,17)13-6-2-5-11(14)15/h1,3-4,7,13H,2,5-6,8H2,(H,14,15). The molecule has 2 N–H and O–H groups in total. The van der Waals surface area contributed by atoms with Crippen LogP contribution in [0.5, 0.6) is 0 Å². The number of hydrogen-bond acceptors (Lipinski definition) is 3. The van der Waals surface area contributed by atoms with Gasteiger partial charge in [-0.3, -0.25) is 4.79 Å². The number of carboxylic acid groups (broad SMARTS) is 1. The summed E-state index contributed by atoms with van der Waals surface area (Å²) < 4.78 is 38.3. The molecule has 1 aromatic carbocycles. The highest BCUT2D eigenvalue weighted by molar-refractivity contribution is 7.88. The Morgan fingerprint density at radius 3 is 2.72 bits per heavy atom. The van der Waals surface area contributed by atoms with Gasteiger partial charge in [0, 0.05) is 13.0 Å². The van der Waals surface area contributed by atoms with E-state index in [4.69, 9.17) is 5.11 Å². The fraction of sp³-hybridized carbons (Fsp3) is 0.364. The number of carboxylic acids is 1. The molecule has 0 saturated carbocycles. The van der Waals surface area contributed by atoms with Crippen LogP contribution in [0.2, 0.25) is 0 Å². The second-order valence-corrected chi connectivity index (χ2v) is 5.59. The SMILES string of the molecule is O=C(O)CCCNS(=O)(=O)Cc1cccc(F)c1. The summed E-state index contributed by atoms with van der Waals surface area (Å²) in [5.41, 5.74) is 0.348. The van der Waals surface area contributed by atoms with Gasteiger partial charge in [0.25, 0.3) is 0 Å². The van der Waals surface area contributed by atoms with Gasteiger partial charge in [-0.25, -0.2) is 17.5 Å². The van der Waals surface area contributed by atoms with Crippen LogP contribution in [0.25, 0.3) is 0 Å². The lowest BCUT2D eigenvalue weighted by molar-refractivity contribution is -0.137. The van der Waals surface area contributed by atoms with Crippen molar-refractivity contribution in [3.63, 3.8) is 0 Å². The summed E-state index contributed by atoms with van der Waals surface area (Å²) in [5, 5.41) is 8.39. The van der Waals surface area contributed by atoms with E-state index < -0.39 is 21.8 Å². The highest BCUT2D eigenvalue weighted by atomic mass is 32.2. The molecule has 0 aliphatic rings. The van der Waals surface area contributed by atoms with E-state index in [1.165, 1.54) is 18.2 Å². The van der Waals surface area contributed by atoms with Crippen LogP contribution in [0.3, 0.4) is 0 Å². The molecule has 0 saturated heterocycles. The first kappa shape index (κ1) is 14.6. The average Bonchev–Trinajstić information content (AvgIpc) is 2.23. The number of carbonyl (C=O) groups is 1. The first-order chi connectivity index (χ1) is 8.39. The monoisotopic (exact) mass is 275 g/mol. The normalized spacial score (nSPS) is 11.4. The first-order valence-corrected chi connectivity index (χ1v) is 6.98. The van der Waals surface area contributed by atoms with Gasteiger partial charge in [-0.1, -0.05) is 12.1 Å². The molecular weight excluding hydrogens is 261 g/mol.